The minimum absolute atomic E-state index is 0.587. The summed E-state index contributed by atoms with van der Waals surface area (Å²) in [5.41, 5.74) is 2.10. The van der Waals surface area contributed by atoms with Gasteiger partial charge in [0.25, 0.3) is 0 Å². The van der Waals surface area contributed by atoms with Crippen LogP contribution in [0.3, 0.4) is 0 Å². The standard InChI is InChI=1S/C15H21N/c1-2-5-13(6-3-1)11-15(9-4-10-15)12-16-14-7-8-14/h1-3,5-6,14,16H,4,7-12H2. The molecule has 86 valence electrons. The molecule has 0 aliphatic heterocycles. The lowest BCUT2D eigenvalue weighted by Gasteiger charge is -2.42. The zero-order valence-electron chi connectivity index (χ0n) is 9.91. The van der Waals surface area contributed by atoms with Gasteiger partial charge in [-0.05, 0) is 43.1 Å². The molecular formula is C15H21N. The molecule has 1 heteroatoms. The van der Waals surface area contributed by atoms with E-state index in [1.807, 2.05) is 0 Å². The van der Waals surface area contributed by atoms with Crippen LogP contribution in [0.5, 0.6) is 0 Å². The minimum atomic E-state index is 0.587. The van der Waals surface area contributed by atoms with Crippen LogP contribution in [0.15, 0.2) is 30.3 Å². The summed E-state index contributed by atoms with van der Waals surface area (Å²) in [6.45, 7) is 1.24. The van der Waals surface area contributed by atoms with Crippen molar-refractivity contribution in [3.05, 3.63) is 35.9 Å². The van der Waals surface area contributed by atoms with E-state index in [0.717, 1.165) is 6.04 Å². The second kappa shape index (κ2) is 4.21. The van der Waals surface area contributed by atoms with Crippen molar-refractivity contribution < 1.29 is 0 Å². The van der Waals surface area contributed by atoms with E-state index in [-0.39, 0.29) is 0 Å². The zero-order valence-corrected chi connectivity index (χ0v) is 9.91. The second-order valence-electron chi connectivity index (χ2n) is 5.67. The van der Waals surface area contributed by atoms with Crippen LogP contribution in [0.1, 0.15) is 37.7 Å². The Morgan fingerprint density at radius 1 is 1.12 bits per heavy atom. The summed E-state index contributed by atoms with van der Waals surface area (Å²) in [5, 5.41) is 3.72. The monoisotopic (exact) mass is 215 g/mol. The average molecular weight is 215 g/mol. The van der Waals surface area contributed by atoms with Crippen molar-refractivity contribution in [3.63, 3.8) is 0 Å². The van der Waals surface area contributed by atoms with Gasteiger partial charge in [0.05, 0.1) is 0 Å². The summed E-state index contributed by atoms with van der Waals surface area (Å²) < 4.78 is 0. The van der Waals surface area contributed by atoms with Crippen LogP contribution >= 0.6 is 0 Å². The molecule has 0 spiro atoms. The van der Waals surface area contributed by atoms with Gasteiger partial charge < -0.3 is 5.32 Å². The van der Waals surface area contributed by atoms with Crippen molar-refractivity contribution in [2.75, 3.05) is 6.54 Å². The molecule has 2 aliphatic rings. The lowest BCUT2D eigenvalue weighted by molar-refractivity contribution is 0.129. The Morgan fingerprint density at radius 2 is 1.88 bits per heavy atom. The van der Waals surface area contributed by atoms with E-state index in [4.69, 9.17) is 0 Å². The lowest BCUT2D eigenvalue weighted by Crippen LogP contribution is -2.42. The maximum Gasteiger partial charge on any atom is 0.00684 e. The predicted molar refractivity (Wildman–Crippen MR) is 67.5 cm³/mol. The first-order valence-electron chi connectivity index (χ1n) is 6.64. The summed E-state index contributed by atoms with van der Waals surface area (Å²) in [6.07, 6.45) is 8.35. The van der Waals surface area contributed by atoms with Gasteiger partial charge in [-0.1, -0.05) is 36.8 Å². The molecule has 1 nitrogen and oxygen atoms in total. The fourth-order valence-corrected chi connectivity index (χ4v) is 2.77. The van der Waals surface area contributed by atoms with Crippen LogP contribution in [0, 0.1) is 5.41 Å². The predicted octanol–water partition coefficient (Wildman–Crippen LogP) is 3.15. The van der Waals surface area contributed by atoms with Crippen LogP contribution in [0.4, 0.5) is 0 Å². The minimum Gasteiger partial charge on any atom is -0.313 e. The largest absolute Gasteiger partial charge is 0.313 e. The lowest BCUT2D eigenvalue weighted by atomic mass is 9.65. The first-order chi connectivity index (χ1) is 7.86. The number of rotatable bonds is 5. The molecule has 1 aromatic carbocycles. The van der Waals surface area contributed by atoms with Gasteiger partial charge in [-0.3, -0.25) is 0 Å². The molecule has 0 heterocycles. The van der Waals surface area contributed by atoms with Gasteiger partial charge in [0, 0.05) is 12.6 Å². The summed E-state index contributed by atoms with van der Waals surface area (Å²) in [4.78, 5) is 0. The SMILES string of the molecule is c1ccc(CC2(CNC3CC3)CCC2)cc1. The highest BCUT2D eigenvalue weighted by atomic mass is 15.0. The van der Waals surface area contributed by atoms with E-state index in [0.29, 0.717) is 5.41 Å². The highest BCUT2D eigenvalue weighted by Crippen LogP contribution is 2.43. The van der Waals surface area contributed by atoms with E-state index in [1.54, 1.807) is 0 Å². The van der Waals surface area contributed by atoms with Crippen molar-refractivity contribution in [2.24, 2.45) is 5.41 Å². The number of hydrogen-bond acceptors (Lipinski definition) is 1. The van der Waals surface area contributed by atoms with E-state index in [9.17, 15) is 0 Å². The summed E-state index contributed by atoms with van der Waals surface area (Å²) in [5.74, 6) is 0. The Hall–Kier alpha value is -0.820. The second-order valence-corrected chi connectivity index (χ2v) is 5.67. The van der Waals surface area contributed by atoms with Gasteiger partial charge in [-0.25, -0.2) is 0 Å². The molecule has 0 unspecified atom stereocenters. The molecule has 2 fully saturated rings. The summed E-state index contributed by atoms with van der Waals surface area (Å²) in [7, 11) is 0. The van der Waals surface area contributed by atoms with Gasteiger partial charge in [-0.15, -0.1) is 0 Å². The average Bonchev–Trinajstić information content (AvgIpc) is 3.07. The van der Waals surface area contributed by atoms with Gasteiger partial charge in [0.15, 0.2) is 0 Å². The molecule has 0 atom stereocenters. The maximum absolute atomic E-state index is 3.72. The maximum atomic E-state index is 3.72. The van der Waals surface area contributed by atoms with Crippen LogP contribution in [0.2, 0.25) is 0 Å². The van der Waals surface area contributed by atoms with Crippen molar-refractivity contribution >= 4 is 0 Å². The third kappa shape index (κ3) is 2.30. The summed E-state index contributed by atoms with van der Waals surface area (Å²) in [6, 6.07) is 11.8. The smallest absolute Gasteiger partial charge is 0.00684 e. The number of hydrogen-bond donors (Lipinski definition) is 1. The third-order valence-corrected chi connectivity index (χ3v) is 4.18. The molecule has 0 bridgehead atoms. The first kappa shape index (κ1) is 10.3. The molecule has 1 aromatic rings. The van der Waals surface area contributed by atoms with Crippen molar-refractivity contribution in [1.29, 1.82) is 0 Å². The van der Waals surface area contributed by atoms with Gasteiger partial charge in [0.1, 0.15) is 0 Å². The van der Waals surface area contributed by atoms with Crippen LogP contribution in [-0.4, -0.2) is 12.6 Å². The molecule has 0 saturated heterocycles. The fourth-order valence-electron chi connectivity index (χ4n) is 2.77. The van der Waals surface area contributed by atoms with Crippen molar-refractivity contribution in [3.8, 4) is 0 Å². The van der Waals surface area contributed by atoms with E-state index in [2.05, 4.69) is 35.6 Å². The van der Waals surface area contributed by atoms with Gasteiger partial charge in [0.2, 0.25) is 0 Å². The molecule has 2 saturated carbocycles. The highest BCUT2D eigenvalue weighted by molar-refractivity contribution is 5.17. The molecule has 0 radical (unpaired) electrons. The molecule has 16 heavy (non-hydrogen) atoms. The number of nitrogens with one attached hydrogen (secondary N) is 1. The summed E-state index contributed by atoms with van der Waals surface area (Å²) >= 11 is 0. The topological polar surface area (TPSA) is 12.0 Å². The Balaban J connectivity index is 1.60. The molecule has 1 N–H and O–H groups in total. The van der Waals surface area contributed by atoms with Gasteiger partial charge >= 0.3 is 0 Å². The molecule has 2 aliphatic carbocycles. The van der Waals surface area contributed by atoms with Crippen molar-refractivity contribution in [2.45, 2.75) is 44.6 Å². The molecule has 3 rings (SSSR count). The Bertz CT molecular complexity index is 336. The third-order valence-electron chi connectivity index (χ3n) is 4.18. The molecular weight excluding hydrogens is 194 g/mol. The van der Waals surface area contributed by atoms with Crippen LogP contribution in [0.25, 0.3) is 0 Å². The highest BCUT2D eigenvalue weighted by Gasteiger charge is 2.37. The Labute approximate surface area is 98.3 Å². The van der Waals surface area contributed by atoms with Crippen LogP contribution < -0.4 is 5.32 Å². The van der Waals surface area contributed by atoms with E-state index in [1.165, 1.54) is 50.6 Å². The molecule has 0 aromatic heterocycles. The van der Waals surface area contributed by atoms with E-state index >= 15 is 0 Å². The normalized spacial score (nSPS) is 22.8. The number of benzene rings is 1. The van der Waals surface area contributed by atoms with E-state index < -0.39 is 0 Å². The van der Waals surface area contributed by atoms with Crippen molar-refractivity contribution in [1.82, 2.24) is 5.32 Å². The Kier molecular flexibility index (Phi) is 2.72. The quantitative estimate of drug-likeness (QED) is 0.795. The van der Waals surface area contributed by atoms with Crippen LogP contribution in [-0.2, 0) is 6.42 Å². The fraction of sp³-hybridized carbons (Fsp3) is 0.600. The molecule has 0 amide bonds. The zero-order chi connectivity index (χ0) is 10.8. The Morgan fingerprint density at radius 3 is 2.44 bits per heavy atom. The first-order valence-corrected chi connectivity index (χ1v) is 6.64. The van der Waals surface area contributed by atoms with Gasteiger partial charge in [-0.2, -0.15) is 0 Å².